The first-order chi connectivity index (χ1) is 32.3. The van der Waals surface area contributed by atoms with Crippen LogP contribution in [0.2, 0.25) is 0 Å². The molecule has 0 radical (unpaired) electrons. The average Bonchev–Trinajstić information content (AvgIpc) is 3.79. The van der Waals surface area contributed by atoms with E-state index in [9.17, 15) is 0 Å². The molecule has 1 aromatic heterocycles. The molecule has 0 aliphatic rings. The van der Waals surface area contributed by atoms with E-state index >= 15 is 0 Å². The Hall–Kier alpha value is -1.67. The molecule has 1 aromatic rings. The van der Waals surface area contributed by atoms with Crippen molar-refractivity contribution in [1.82, 2.24) is 46.4 Å². The molecule has 0 saturated heterocycles. The minimum atomic E-state index is -1.19. The third-order valence-corrected chi connectivity index (χ3v) is 9.55. The van der Waals surface area contributed by atoms with Gasteiger partial charge in [0.05, 0.1) is 38.4 Å². The summed E-state index contributed by atoms with van der Waals surface area (Å²) >= 11 is 0. The molecule has 0 aliphatic carbocycles. The Morgan fingerprint density at radius 3 is 1.24 bits per heavy atom. The van der Waals surface area contributed by atoms with E-state index in [0.717, 1.165) is 65.4 Å². The zero-order chi connectivity index (χ0) is 53.4. The van der Waals surface area contributed by atoms with Crippen molar-refractivity contribution in [2.75, 3.05) is 179 Å². The number of nitrogens with zero attached hydrogens (tertiary/aromatic N) is 3. The predicted octanol–water partition coefficient (Wildman–Crippen LogP) is -4.38. The molecule has 0 aliphatic heterocycles. The number of hydrogen-bond donors (Lipinski definition) is 17. The Balaban J connectivity index is -0.000000167. The van der Waals surface area contributed by atoms with Gasteiger partial charge in [0.15, 0.2) is 0 Å². The molecule has 0 bridgehead atoms. The van der Waals surface area contributed by atoms with Crippen LogP contribution in [0.15, 0.2) is 18.7 Å². The molecule has 0 spiro atoms. The van der Waals surface area contributed by atoms with Crippen LogP contribution in [0, 0.1) is 11.3 Å². The molecule has 0 aromatic carbocycles. The van der Waals surface area contributed by atoms with E-state index in [4.69, 9.17) is 79.5 Å². The molecule has 24 heteroatoms. The predicted molar refractivity (Wildman–Crippen MR) is 280 cm³/mol. The second kappa shape index (κ2) is 59.6. The zero-order valence-corrected chi connectivity index (χ0v) is 44.9. The van der Waals surface area contributed by atoms with E-state index in [0.29, 0.717) is 58.3 Å². The number of likely N-dealkylation sites (N-methyl/N-ethyl adjacent to an activating group) is 1. The van der Waals surface area contributed by atoms with Gasteiger partial charge < -0.3 is 121 Å². The maximum Gasteiger partial charge on any atom is 0.308 e. The number of rotatable bonds is 35. The summed E-state index contributed by atoms with van der Waals surface area (Å²) in [5, 5.41) is 51.8. The standard InChI is InChI=1S/C10H24N2.C8H23N5.C7H17NO4.C6H18N4.C5H13NO2.C4H6N2.C4H11NO2/c1-6-7-8(2)9(3,4)10(5,11)12;9-1-3-11-5-7-13-8-6-12-4-2-10;1-6(8)12-7(10-3,11-4)5-9-2;7-1-3-9-5-6-10-4-2-8;1-6(2-4-7)3-5-8;1-6-3-2-5-4-6;6-3-1-5-2-4-7/h8H,6-7,11-12H2,1-5H3;11-13H,1-10H2;6H,5,8H2,1-4H3;9-10H,1-8H2;7-8H,2-5H2,1H3;2-4H,1H3;5-7H,1-4H2. The molecule has 0 saturated carbocycles. The number of aliphatic hydroxyl groups excluding tert-OH is 4. The molecule has 24 N–H and O–H groups in total. The van der Waals surface area contributed by atoms with Crippen molar-refractivity contribution in [2.24, 2.45) is 58.5 Å². The number of methoxy groups -OCH3 is 3. The lowest BCUT2D eigenvalue weighted by Crippen LogP contribution is -2.60. The fourth-order valence-electron chi connectivity index (χ4n) is 4.74. The molecule has 1 heterocycles. The Bertz CT molecular complexity index is 993. The van der Waals surface area contributed by atoms with Crippen LogP contribution in [0.25, 0.3) is 0 Å². The van der Waals surface area contributed by atoms with Gasteiger partial charge >= 0.3 is 5.97 Å². The minimum absolute atomic E-state index is 0.00299. The van der Waals surface area contributed by atoms with Gasteiger partial charge in [-0.05, 0) is 32.2 Å². The van der Waals surface area contributed by atoms with E-state index in [1.54, 1.807) is 19.4 Å². The number of imidazole rings is 1. The van der Waals surface area contributed by atoms with Crippen LogP contribution in [-0.2, 0) is 26.0 Å². The quantitative estimate of drug-likeness (QED) is 0.0226. The second-order valence-corrected chi connectivity index (χ2v) is 16.1. The number of aryl methyl sites for hydroxylation is 1. The Kier molecular flexibility index (Phi) is 68.2. The monoisotopic (exact) mass is 993 g/mol. The van der Waals surface area contributed by atoms with Crippen molar-refractivity contribution in [1.29, 1.82) is 0 Å². The third-order valence-electron chi connectivity index (χ3n) is 9.55. The fraction of sp³-hybridized carbons (Fsp3) is 0.932. The number of hydrogen-bond acceptors (Lipinski definition) is 23. The van der Waals surface area contributed by atoms with E-state index in [1.807, 2.05) is 36.7 Å². The Morgan fingerprint density at radius 2 is 1.01 bits per heavy atom. The number of ether oxygens (including phenoxy) is 4. The molecule has 2 atom stereocenters. The fourth-order valence-corrected chi connectivity index (χ4v) is 4.74. The summed E-state index contributed by atoms with van der Waals surface area (Å²) in [7, 11) is 8.24. The molecular formula is C44H112N16O8. The highest BCUT2D eigenvalue weighted by Crippen LogP contribution is 2.36. The van der Waals surface area contributed by atoms with E-state index < -0.39 is 17.9 Å². The largest absolute Gasteiger partial charge is 0.395 e. The summed E-state index contributed by atoms with van der Waals surface area (Å²) in [5.74, 6) is -0.620. The molecule has 24 nitrogen and oxygen atoms in total. The van der Waals surface area contributed by atoms with Crippen LogP contribution in [-0.4, -0.2) is 232 Å². The van der Waals surface area contributed by atoms with Crippen molar-refractivity contribution in [3.8, 4) is 0 Å². The summed E-state index contributed by atoms with van der Waals surface area (Å²) in [6, 6.07) is 0. The second-order valence-electron chi connectivity index (χ2n) is 16.1. The first kappa shape index (κ1) is 77.8. The molecule has 2 unspecified atom stereocenters. The van der Waals surface area contributed by atoms with Crippen LogP contribution in [0.1, 0.15) is 54.4 Å². The van der Waals surface area contributed by atoms with E-state index in [-0.39, 0.29) is 38.4 Å². The van der Waals surface area contributed by atoms with E-state index in [2.05, 4.69) is 64.6 Å². The lowest BCUT2D eigenvalue weighted by molar-refractivity contribution is -0.387. The van der Waals surface area contributed by atoms with Crippen molar-refractivity contribution in [3.63, 3.8) is 0 Å². The topological polar surface area (TPSA) is 393 Å². The summed E-state index contributed by atoms with van der Waals surface area (Å²) < 4.78 is 21.9. The smallest absolute Gasteiger partial charge is 0.308 e. The highest BCUT2D eigenvalue weighted by atomic mass is 16.9. The molecule has 68 heavy (non-hydrogen) atoms. The highest BCUT2D eigenvalue weighted by molar-refractivity contribution is 4.92. The summed E-state index contributed by atoms with van der Waals surface area (Å²) in [6.07, 6.45) is 7.30. The maximum absolute atomic E-state index is 8.34. The van der Waals surface area contributed by atoms with E-state index in [1.165, 1.54) is 34.2 Å². The first-order valence-electron chi connectivity index (χ1n) is 24.0. The molecule has 0 fully saturated rings. The average molecular weight is 993 g/mol. The molecule has 416 valence electrons. The van der Waals surface area contributed by atoms with Gasteiger partial charge in [0, 0.05) is 159 Å². The third kappa shape index (κ3) is 60.5. The van der Waals surface area contributed by atoms with Crippen LogP contribution in [0.5, 0.6) is 0 Å². The lowest BCUT2D eigenvalue weighted by Gasteiger charge is -2.43. The van der Waals surface area contributed by atoms with Gasteiger partial charge in [-0.1, -0.05) is 40.5 Å². The van der Waals surface area contributed by atoms with Crippen molar-refractivity contribution in [3.05, 3.63) is 18.7 Å². The van der Waals surface area contributed by atoms with Crippen molar-refractivity contribution < 1.29 is 39.4 Å². The van der Waals surface area contributed by atoms with Gasteiger partial charge in [-0.3, -0.25) is 0 Å². The van der Waals surface area contributed by atoms with Gasteiger partial charge in [-0.2, -0.15) is 0 Å². The SMILES string of the molecule is CCCC(C)C(C)(C)C(C)(N)N.CN(CCO)CCO.COCC(OC)(OC)OC(C)N.Cn1ccnc1.NCCNCCNCCN.NCCNCCNCCNCCN.OCCNCCO. The van der Waals surface area contributed by atoms with Crippen molar-refractivity contribution in [2.45, 2.75) is 72.2 Å². The van der Waals surface area contributed by atoms with Gasteiger partial charge in [0.1, 0.15) is 12.8 Å². The van der Waals surface area contributed by atoms with Crippen LogP contribution >= 0.6 is 0 Å². The number of aromatic nitrogens is 2. The molecule has 0 amide bonds. The maximum atomic E-state index is 8.34. The minimum Gasteiger partial charge on any atom is -0.395 e. The zero-order valence-electron chi connectivity index (χ0n) is 44.9. The number of aliphatic hydroxyl groups is 4. The molecular weight excluding hydrogens is 881 g/mol. The summed E-state index contributed by atoms with van der Waals surface area (Å²) in [4.78, 5) is 5.65. The normalized spacial score (nSPS) is 12.0. The summed E-state index contributed by atoms with van der Waals surface area (Å²) in [5.41, 5.74) is 37.9. The van der Waals surface area contributed by atoms with Crippen molar-refractivity contribution >= 4 is 0 Å². The number of nitrogens with two attached hydrogens (primary N) is 7. The van der Waals surface area contributed by atoms with Gasteiger partial charge in [0.25, 0.3) is 0 Å². The summed E-state index contributed by atoms with van der Waals surface area (Å²) in [6.45, 7) is 27.8. The first-order valence-corrected chi connectivity index (χ1v) is 24.0. The van der Waals surface area contributed by atoms with Crippen LogP contribution < -0.4 is 72.0 Å². The highest BCUT2D eigenvalue weighted by Gasteiger charge is 2.38. The van der Waals surface area contributed by atoms with Gasteiger partial charge in [-0.25, -0.2) is 4.98 Å². The van der Waals surface area contributed by atoms with Gasteiger partial charge in [0.2, 0.25) is 0 Å². The number of nitrogens with one attached hydrogen (secondary N) is 6. The van der Waals surface area contributed by atoms with Gasteiger partial charge in [-0.15, -0.1) is 0 Å². The Morgan fingerprint density at radius 1 is 0.647 bits per heavy atom. The Labute approximate surface area is 413 Å². The molecule has 1 rings (SSSR count). The van der Waals surface area contributed by atoms with Crippen LogP contribution in [0.3, 0.4) is 0 Å². The van der Waals surface area contributed by atoms with Crippen LogP contribution in [0.4, 0.5) is 0 Å². The lowest BCUT2D eigenvalue weighted by atomic mass is 9.69.